The molecule has 4 rings (SSSR count). The van der Waals surface area contributed by atoms with Gasteiger partial charge in [0.25, 0.3) is 5.56 Å². The van der Waals surface area contributed by atoms with Crippen LogP contribution in [0, 0.1) is 0 Å². The number of H-pyrrole nitrogens is 1. The summed E-state index contributed by atoms with van der Waals surface area (Å²) in [5.74, 6) is -0.450. The van der Waals surface area contributed by atoms with Crippen LogP contribution in [0.3, 0.4) is 0 Å². The van der Waals surface area contributed by atoms with Gasteiger partial charge in [0.15, 0.2) is 5.78 Å². The second kappa shape index (κ2) is 7.44. The van der Waals surface area contributed by atoms with Gasteiger partial charge in [0.2, 0.25) is 0 Å². The van der Waals surface area contributed by atoms with Crippen LogP contribution in [0.15, 0.2) is 65.5 Å². The van der Waals surface area contributed by atoms with Gasteiger partial charge in [-0.15, -0.1) is 13.2 Å². The van der Waals surface area contributed by atoms with Crippen molar-refractivity contribution in [3.05, 3.63) is 82.3 Å². The molecule has 0 amide bonds. The van der Waals surface area contributed by atoms with E-state index < -0.39 is 23.1 Å². The topological polar surface area (TPSA) is 72.1 Å². The van der Waals surface area contributed by atoms with Crippen molar-refractivity contribution in [2.75, 3.05) is 0 Å². The molecule has 0 spiro atoms. The van der Waals surface area contributed by atoms with Crippen LogP contribution in [0.2, 0.25) is 0 Å². The maximum Gasteiger partial charge on any atom is 0.573 e. The Labute approximate surface area is 169 Å². The molecule has 0 radical (unpaired) electrons. The molecule has 5 nitrogen and oxygen atoms in total. The van der Waals surface area contributed by atoms with Crippen LogP contribution in [-0.2, 0) is 5.41 Å². The maximum absolute atomic E-state index is 12.9. The molecule has 1 N–H and O–H groups in total. The van der Waals surface area contributed by atoms with Gasteiger partial charge in [0.1, 0.15) is 17.3 Å². The summed E-state index contributed by atoms with van der Waals surface area (Å²) >= 11 is 0. The SMILES string of the molecule is O=C(CC1(c2ccccc2OC(F)(F)F)CC1)c1cc(=O)[nH]c(-c2ccccc2)n1. The van der Waals surface area contributed by atoms with Crippen LogP contribution in [0.4, 0.5) is 13.2 Å². The zero-order valence-electron chi connectivity index (χ0n) is 15.7. The smallest absolute Gasteiger partial charge is 0.405 e. The van der Waals surface area contributed by atoms with Crippen molar-refractivity contribution in [1.29, 1.82) is 0 Å². The van der Waals surface area contributed by atoms with Crippen molar-refractivity contribution in [3.8, 4) is 17.1 Å². The molecule has 154 valence electrons. The number of rotatable bonds is 6. The molecule has 1 fully saturated rings. The van der Waals surface area contributed by atoms with Crippen LogP contribution < -0.4 is 10.3 Å². The lowest BCUT2D eigenvalue weighted by atomic mass is 9.89. The number of hydrogen-bond acceptors (Lipinski definition) is 4. The summed E-state index contributed by atoms with van der Waals surface area (Å²) < 4.78 is 42.5. The number of ketones is 1. The summed E-state index contributed by atoms with van der Waals surface area (Å²) in [6, 6.07) is 15.8. The minimum absolute atomic E-state index is 0.0156. The van der Waals surface area contributed by atoms with E-state index >= 15 is 0 Å². The Balaban J connectivity index is 1.63. The van der Waals surface area contributed by atoms with Crippen LogP contribution in [0.1, 0.15) is 35.3 Å². The van der Waals surface area contributed by atoms with E-state index in [-0.39, 0.29) is 23.7 Å². The van der Waals surface area contributed by atoms with Gasteiger partial charge in [-0.25, -0.2) is 4.98 Å². The first-order valence-corrected chi connectivity index (χ1v) is 9.31. The summed E-state index contributed by atoms with van der Waals surface area (Å²) in [4.78, 5) is 31.9. The van der Waals surface area contributed by atoms with E-state index in [0.29, 0.717) is 24.0 Å². The van der Waals surface area contributed by atoms with Gasteiger partial charge >= 0.3 is 6.36 Å². The van der Waals surface area contributed by atoms with E-state index in [9.17, 15) is 22.8 Å². The minimum Gasteiger partial charge on any atom is -0.405 e. The average Bonchev–Trinajstić information content (AvgIpc) is 3.47. The number of carbonyl (C=O) groups excluding carboxylic acids is 1. The van der Waals surface area contributed by atoms with Crippen molar-refractivity contribution in [2.24, 2.45) is 0 Å². The predicted octanol–water partition coefficient (Wildman–Crippen LogP) is 4.64. The second-order valence-electron chi connectivity index (χ2n) is 7.27. The van der Waals surface area contributed by atoms with Crippen molar-refractivity contribution < 1.29 is 22.7 Å². The molecule has 0 bridgehead atoms. The van der Waals surface area contributed by atoms with Gasteiger partial charge < -0.3 is 9.72 Å². The first-order chi connectivity index (χ1) is 14.3. The molecule has 1 aliphatic rings. The Kier molecular flexibility index (Phi) is 4.93. The number of Topliss-reactive ketones (excluding diaryl/α,β-unsaturated/α-hetero) is 1. The molecule has 0 saturated heterocycles. The molecular formula is C22H17F3N2O3. The van der Waals surface area contributed by atoms with Gasteiger partial charge in [-0.3, -0.25) is 9.59 Å². The summed E-state index contributed by atoms with van der Waals surface area (Å²) in [5.41, 5.74) is -0.259. The summed E-state index contributed by atoms with van der Waals surface area (Å²) in [7, 11) is 0. The van der Waals surface area contributed by atoms with E-state index in [1.54, 1.807) is 36.4 Å². The zero-order valence-corrected chi connectivity index (χ0v) is 15.7. The number of ether oxygens (including phenoxy) is 1. The Morgan fingerprint density at radius 2 is 1.73 bits per heavy atom. The summed E-state index contributed by atoms with van der Waals surface area (Å²) in [6.07, 6.45) is -3.79. The van der Waals surface area contributed by atoms with Crippen molar-refractivity contribution in [2.45, 2.75) is 31.0 Å². The number of nitrogens with one attached hydrogen (secondary N) is 1. The molecule has 30 heavy (non-hydrogen) atoms. The minimum atomic E-state index is -4.82. The quantitative estimate of drug-likeness (QED) is 0.597. The first-order valence-electron chi connectivity index (χ1n) is 9.31. The fourth-order valence-electron chi connectivity index (χ4n) is 3.54. The molecule has 8 heteroatoms. The van der Waals surface area contributed by atoms with E-state index in [1.807, 2.05) is 6.07 Å². The fraction of sp³-hybridized carbons (Fsp3) is 0.227. The number of nitrogens with zero attached hydrogens (tertiary/aromatic N) is 1. The molecule has 0 aliphatic heterocycles. The molecule has 2 aromatic carbocycles. The van der Waals surface area contributed by atoms with Gasteiger partial charge in [-0.05, 0) is 18.9 Å². The van der Waals surface area contributed by atoms with E-state index in [4.69, 9.17) is 0 Å². The summed E-state index contributed by atoms with van der Waals surface area (Å²) in [5, 5.41) is 0. The highest BCUT2D eigenvalue weighted by atomic mass is 19.4. The van der Waals surface area contributed by atoms with Crippen molar-refractivity contribution >= 4 is 5.78 Å². The highest BCUT2D eigenvalue weighted by molar-refractivity contribution is 5.95. The normalized spacial score (nSPS) is 14.9. The lowest BCUT2D eigenvalue weighted by Crippen LogP contribution is -2.22. The number of aromatic nitrogens is 2. The van der Waals surface area contributed by atoms with Gasteiger partial charge in [0, 0.05) is 29.0 Å². The lowest BCUT2D eigenvalue weighted by molar-refractivity contribution is -0.275. The van der Waals surface area contributed by atoms with Crippen LogP contribution >= 0.6 is 0 Å². The number of para-hydroxylation sites is 1. The van der Waals surface area contributed by atoms with E-state index in [1.165, 1.54) is 12.1 Å². The molecule has 1 saturated carbocycles. The first kappa shape index (κ1) is 19.9. The van der Waals surface area contributed by atoms with E-state index in [2.05, 4.69) is 14.7 Å². The van der Waals surface area contributed by atoms with Crippen molar-refractivity contribution in [3.63, 3.8) is 0 Å². The van der Waals surface area contributed by atoms with Crippen LogP contribution in [-0.4, -0.2) is 22.1 Å². The highest BCUT2D eigenvalue weighted by Gasteiger charge is 2.48. The molecule has 1 aliphatic carbocycles. The second-order valence-corrected chi connectivity index (χ2v) is 7.27. The standard InChI is InChI=1S/C22H17F3N2O3/c23-22(24,25)30-18-9-5-4-8-15(18)21(10-11-21)13-17(28)16-12-19(29)27-20(26-16)14-6-2-1-3-7-14/h1-9,12H,10-11,13H2,(H,26,27,29). The Hall–Kier alpha value is -3.42. The maximum atomic E-state index is 12.9. The molecule has 0 atom stereocenters. The number of benzene rings is 2. The third kappa shape index (κ3) is 4.27. The van der Waals surface area contributed by atoms with Crippen molar-refractivity contribution in [1.82, 2.24) is 9.97 Å². The molecule has 3 aromatic rings. The summed E-state index contributed by atoms with van der Waals surface area (Å²) in [6.45, 7) is 0. The molecule has 1 heterocycles. The molecule has 1 aromatic heterocycles. The van der Waals surface area contributed by atoms with Gasteiger partial charge in [0.05, 0.1) is 0 Å². The molecule has 0 unspecified atom stereocenters. The van der Waals surface area contributed by atoms with E-state index in [0.717, 1.165) is 6.07 Å². The third-order valence-electron chi connectivity index (χ3n) is 5.11. The number of hydrogen-bond donors (Lipinski definition) is 1. The van der Waals surface area contributed by atoms with Crippen LogP contribution in [0.5, 0.6) is 5.75 Å². The Morgan fingerprint density at radius 3 is 2.40 bits per heavy atom. The van der Waals surface area contributed by atoms with Gasteiger partial charge in [-0.1, -0.05) is 48.5 Å². The third-order valence-corrected chi connectivity index (χ3v) is 5.11. The number of aromatic amines is 1. The number of alkyl halides is 3. The Bertz CT molecular complexity index is 1140. The Morgan fingerprint density at radius 1 is 1.07 bits per heavy atom. The monoisotopic (exact) mass is 414 g/mol. The molecular weight excluding hydrogens is 397 g/mol. The fourth-order valence-corrected chi connectivity index (χ4v) is 3.54. The zero-order chi connectivity index (χ0) is 21.4. The number of halogens is 3. The highest BCUT2D eigenvalue weighted by Crippen LogP contribution is 2.54. The average molecular weight is 414 g/mol. The number of carbonyl (C=O) groups is 1. The predicted molar refractivity (Wildman–Crippen MR) is 103 cm³/mol. The van der Waals surface area contributed by atoms with Crippen LogP contribution in [0.25, 0.3) is 11.4 Å². The van der Waals surface area contributed by atoms with Gasteiger partial charge in [-0.2, -0.15) is 0 Å². The largest absolute Gasteiger partial charge is 0.573 e. The lowest BCUT2D eigenvalue weighted by Gasteiger charge is -2.20.